The molecule has 0 spiro atoms. The summed E-state index contributed by atoms with van der Waals surface area (Å²) in [5.74, 6) is 0. The molecule has 0 saturated heterocycles. The van der Waals surface area contributed by atoms with Gasteiger partial charge >= 0.3 is 0 Å². The molecule has 2 heteroatoms. The molecule has 2 nitrogen and oxygen atoms in total. The van der Waals surface area contributed by atoms with Gasteiger partial charge in [-0.1, -0.05) is 116 Å². The largest absolute Gasteiger partial charge is 0.388 e. The van der Waals surface area contributed by atoms with E-state index in [4.69, 9.17) is 0 Å². The van der Waals surface area contributed by atoms with E-state index in [2.05, 4.69) is 67.5 Å². The Bertz CT molecular complexity index is 618. The molecule has 0 heterocycles. The van der Waals surface area contributed by atoms with E-state index < -0.39 is 12.2 Å². The first-order valence-corrected chi connectivity index (χ1v) is 10.5. The number of allylic oxidation sites excluding steroid dienone is 4. The van der Waals surface area contributed by atoms with Gasteiger partial charge < -0.3 is 10.2 Å². The average Bonchev–Trinajstić information content (AvgIpc) is 2.62. The minimum Gasteiger partial charge on any atom is -0.388 e. The maximum Gasteiger partial charge on any atom is 0.0819 e. The molecule has 0 bridgehead atoms. The Labute approximate surface area is 166 Å². The Morgan fingerprint density at radius 3 is 1.41 bits per heavy atom. The minimum absolute atomic E-state index is 0.0383. The smallest absolute Gasteiger partial charge is 0.0819 e. The Morgan fingerprint density at radius 2 is 1.11 bits per heavy atom. The van der Waals surface area contributed by atoms with Crippen LogP contribution in [0.1, 0.15) is 74.7 Å². The number of hydrogen-bond donors (Lipinski definition) is 2. The van der Waals surface area contributed by atoms with Gasteiger partial charge in [-0.3, -0.25) is 0 Å². The second kappa shape index (κ2) is 7.37. The van der Waals surface area contributed by atoms with Gasteiger partial charge in [-0.2, -0.15) is 0 Å². The first kappa shape index (κ1) is 22.2. The summed E-state index contributed by atoms with van der Waals surface area (Å²) in [5.41, 5.74) is 1.78. The first-order chi connectivity index (χ1) is 12.4. The van der Waals surface area contributed by atoms with E-state index in [0.717, 1.165) is 19.3 Å². The SMILES string of the molecule is CCC(C)(C)C1(C)C(CC2=CC=CC(O)C2(C)C(C)(C)CC)=CC=CC1O. The van der Waals surface area contributed by atoms with E-state index in [1.807, 2.05) is 24.3 Å². The van der Waals surface area contributed by atoms with Crippen molar-refractivity contribution in [1.82, 2.24) is 0 Å². The van der Waals surface area contributed by atoms with Gasteiger partial charge in [0.05, 0.1) is 12.2 Å². The highest BCUT2D eigenvalue weighted by Gasteiger charge is 2.51. The fourth-order valence-corrected chi connectivity index (χ4v) is 4.76. The van der Waals surface area contributed by atoms with Gasteiger partial charge in [0.15, 0.2) is 0 Å². The molecule has 27 heavy (non-hydrogen) atoms. The van der Waals surface area contributed by atoms with Gasteiger partial charge in [0.1, 0.15) is 0 Å². The van der Waals surface area contributed by atoms with Gasteiger partial charge in [0.25, 0.3) is 0 Å². The molecular weight excluding hydrogens is 332 g/mol. The average molecular weight is 373 g/mol. The van der Waals surface area contributed by atoms with Crippen molar-refractivity contribution in [3.63, 3.8) is 0 Å². The molecule has 0 aromatic rings. The highest BCUT2D eigenvalue weighted by molar-refractivity contribution is 5.40. The van der Waals surface area contributed by atoms with Crippen molar-refractivity contribution in [3.05, 3.63) is 47.6 Å². The van der Waals surface area contributed by atoms with Gasteiger partial charge in [0, 0.05) is 10.8 Å². The molecule has 0 amide bonds. The van der Waals surface area contributed by atoms with Crippen LogP contribution in [0.15, 0.2) is 47.6 Å². The molecule has 0 radical (unpaired) electrons. The van der Waals surface area contributed by atoms with Crippen molar-refractivity contribution in [2.45, 2.75) is 86.9 Å². The van der Waals surface area contributed by atoms with Crippen LogP contribution in [-0.2, 0) is 0 Å². The van der Waals surface area contributed by atoms with Crippen LogP contribution in [-0.4, -0.2) is 22.4 Å². The molecule has 4 atom stereocenters. The summed E-state index contributed by atoms with van der Waals surface area (Å²) in [6.07, 6.45) is 14.0. The Kier molecular flexibility index (Phi) is 6.05. The zero-order valence-corrected chi connectivity index (χ0v) is 18.6. The first-order valence-electron chi connectivity index (χ1n) is 10.5. The molecular formula is C25H40O2. The van der Waals surface area contributed by atoms with Gasteiger partial charge in [0.2, 0.25) is 0 Å². The van der Waals surface area contributed by atoms with Crippen LogP contribution < -0.4 is 0 Å². The summed E-state index contributed by atoms with van der Waals surface area (Å²) in [7, 11) is 0. The van der Waals surface area contributed by atoms with Crippen molar-refractivity contribution in [2.75, 3.05) is 0 Å². The summed E-state index contributed by atoms with van der Waals surface area (Å²) < 4.78 is 0. The number of hydrogen-bond acceptors (Lipinski definition) is 2. The third-order valence-electron chi connectivity index (χ3n) is 8.66. The van der Waals surface area contributed by atoms with Gasteiger partial charge in [-0.05, 0) is 17.3 Å². The predicted molar refractivity (Wildman–Crippen MR) is 115 cm³/mol. The minimum atomic E-state index is -0.498. The summed E-state index contributed by atoms with van der Waals surface area (Å²) in [6.45, 7) is 17.8. The molecule has 0 aromatic carbocycles. The Balaban J connectivity index is 2.52. The van der Waals surface area contributed by atoms with E-state index in [9.17, 15) is 10.2 Å². The third kappa shape index (κ3) is 3.29. The van der Waals surface area contributed by atoms with Crippen LogP contribution in [0.4, 0.5) is 0 Å². The lowest BCUT2D eigenvalue weighted by atomic mass is 9.52. The second-order valence-electron chi connectivity index (χ2n) is 10.1. The zero-order chi connectivity index (χ0) is 20.7. The fraction of sp³-hybridized carbons (Fsp3) is 0.680. The van der Waals surface area contributed by atoms with Crippen LogP contribution in [0.2, 0.25) is 0 Å². The molecule has 2 aliphatic rings. The second-order valence-corrected chi connectivity index (χ2v) is 10.1. The zero-order valence-electron chi connectivity index (χ0n) is 18.6. The van der Waals surface area contributed by atoms with Crippen LogP contribution in [0, 0.1) is 21.7 Å². The maximum atomic E-state index is 11.0. The monoisotopic (exact) mass is 372 g/mol. The van der Waals surface area contributed by atoms with E-state index >= 15 is 0 Å². The van der Waals surface area contributed by atoms with Crippen molar-refractivity contribution in [2.24, 2.45) is 21.7 Å². The summed E-state index contributed by atoms with van der Waals surface area (Å²) in [5, 5.41) is 21.9. The normalized spacial score (nSPS) is 34.4. The van der Waals surface area contributed by atoms with Crippen molar-refractivity contribution < 1.29 is 10.2 Å². The topological polar surface area (TPSA) is 40.5 Å². The molecule has 0 aliphatic heterocycles. The van der Waals surface area contributed by atoms with E-state index in [-0.39, 0.29) is 21.7 Å². The van der Waals surface area contributed by atoms with Crippen molar-refractivity contribution >= 4 is 0 Å². The molecule has 2 rings (SSSR count). The molecule has 0 saturated carbocycles. The van der Waals surface area contributed by atoms with E-state index in [0.29, 0.717) is 0 Å². The van der Waals surface area contributed by atoms with Crippen molar-refractivity contribution in [3.8, 4) is 0 Å². The summed E-state index contributed by atoms with van der Waals surface area (Å²) in [6, 6.07) is 0. The predicted octanol–water partition coefficient (Wildman–Crippen LogP) is 5.98. The summed E-state index contributed by atoms with van der Waals surface area (Å²) >= 11 is 0. The highest BCUT2D eigenvalue weighted by atomic mass is 16.3. The van der Waals surface area contributed by atoms with E-state index in [1.54, 1.807) is 0 Å². The standard InChI is InChI=1S/C25H40O2/c1-9-22(3,4)24(7)18(13-11-15-20(24)26)17-19-14-12-16-21(27)25(19,8)23(5,6)10-2/h11-16,20-21,26-27H,9-10,17H2,1-8H3. The van der Waals surface area contributed by atoms with Crippen LogP contribution >= 0.6 is 0 Å². The van der Waals surface area contributed by atoms with Crippen molar-refractivity contribution in [1.29, 1.82) is 0 Å². The number of rotatable bonds is 6. The van der Waals surface area contributed by atoms with Gasteiger partial charge in [-0.25, -0.2) is 0 Å². The van der Waals surface area contributed by atoms with Gasteiger partial charge in [-0.15, -0.1) is 0 Å². The van der Waals surface area contributed by atoms with Crippen LogP contribution in [0.5, 0.6) is 0 Å². The van der Waals surface area contributed by atoms with Crippen LogP contribution in [0.3, 0.4) is 0 Å². The summed E-state index contributed by atoms with van der Waals surface area (Å²) in [4.78, 5) is 0. The molecule has 4 unspecified atom stereocenters. The number of aliphatic hydroxyl groups excluding tert-OH is 2. The molecule has 152 valence electrons. The molecule has 0 fully saturated rings. The van der Waals surface area contributed by atoms with E-state index in [1.165, 1.54) is 11.1 Å². The lowest BCUT2D eigenvalue weighted by Gasteiger charge is -2.53. The maximum absolute atomic E-state index is 11.0. The lowest BCUT2D eigenvalue weighted by molar-refractivity contribution is -0.0101. The Morgan fingerprint density at radius 1 is 0.778 bits per heavy atom. The molecule has 2 N–H and O–H groups in total. The highest BCUT2D eigenvalue weighted by Crippen LogP contribution is 2.57. The number of aliphatic hydroxyl groups is 2. The molecule has 0 aromatic heterocycles. The third-order valence-corrected chi connectivity index (χ3v) is 8.66. The lowest BCUT2D eigenvalue weighted by Crippen LogP contribution is -2.49. The quantitative estimate of drug-likeness (QED) is 0.602. The van der Waals surface area contributed by atoms with Crippen LogP contribution in [0.25, 0.3) is 0 Å². The fourth-order valence-electron chi connectivity index (χ4n) is 4.76. The Hall–Kier alpha value is -1.12. The molecule has 2 aliphatic carbocycles.